The van der Waals surface area contributed by atoms with Gasteiger partial charge in [-0.1, -0.05) is 12.1 Å². The Morgan fingerprint density at radius 2 is 1.92 bits per heavy atom. The standard InChI is InChI=1S/C19H27N3O4/c1-13-18(25)22(14-8-6-7-9-15(14)26-13)11-10-17(24)21(5)12-16(23)20-19(2,3)4/h6-9,13H,10-12H2,1-5H3,(H,20,23). The van der Waals surface area contributed by atoms with Crippen LogP contribution in [0.4, 0.5) is 5.69 Å². The van der Waals surface area contributed by atoms with Crippen molar-refractivity contribution in [2.75, 3.05) is 25.0 Å². The summed E-state index contributed by atoms with van der Waals surface area (Å²) in [6, 6.07) is 7.26. The van der Waals surface area contributed by atoms with E-state index in [2.05, 4.69) is 5.32 Å². The number of rotatable bonds is 5. The van der Waals surface area contributed by atoms with E-state index in [-0.39, 0.29) is 42.8 Å². The number of carbonyl (C=O) groups excluding carboxylic acids is 3. The summed E-state index contributed by atoms with van der Waals surface area (Å²) in [5.74, 6) is 0.0443. The molecule has 2 rings (SSSR count). The number of hydrogen-bond acceptors (Lipinski definition) is 4. The minimum atomic E-state index is -0.588. The molecule has 142 valence electrons. The number of nitrogens with one attached hydrogen (secondary N) is 1. The number of hydrogen-bond donors (Lipinski definition) is 1. The molecule has 7 nitrogen and oxygen atoms in total. The molecule has 0 saturated heterocycles. The van der Waals surface area contributed by atoms with Crippen LogP contribution in [-0.4, -0.2) is 54.4 Å². The largest absolute Gasteiger partial charge is 0.479 e. The lowest BCUT2D eigenvalue weighted by Crippen LogP contribution is -2.48. The molecule has 1 atom stereocenters. The first-order valence-corrected chi connectivity index (χ1v) is 8.70. The predicted octanol–water partition coefficient (Wildman–Crippen LogP) is 1.56. The highest BCUT2D eigenvalue weighted by atomic mass is 16.5. The van der Waals surface area contributed by atoms with Crippen molar-refractivity contribution in [3.8, 4) is 5.75 Å². The number of para-hydroxylation sites is 2. The Morgan fingerprint density at radius 3 is 2.58 bits per heavy atom. The lowest BCUT2D eigenvalue weighted by Gasteiger charge is -2.33. The Hall–Kier alpha value is -2.57. The molecule has 0 fully saturated rings. The Kier molecular flexibility index (Phi) is 5.90. The zero-order valence-corrected chi connectivity index (χ0v) is 16.0. The van der Waals surface area contributed by atoms with E-state index in [1.807, 2.05) is 32.9 Å². The highest BCUT2D eigenvalue weighted by Gasteiger charge is 2.31. The third-order valence-electron chi connectivity index (χ3n) is 3.94. The molecule has 1 unspecified atom stereocenters. The number of benzene rings is 1. The number of likely N-dealkylation sites (N-methyl/N-ethyl adjacent to an activating group) is 1. The summed E-state index contributed by atoms with van der Waals surface area (Å²) in [6.45, 7) is 7.57. The van der Waals surface area contributed by atoms with E-state index in [1.54, 1.807) is 31.0 Å². The van der Waals surface area contributed by atoms with Crippen LogP contribution in [0.2, 0.25) is 0 Å². The third kappa shape index (κ3) is 4.97. The number of anilines is 1. The van der Waals surface area contributed by atoms with Crippen molar-refractivity contribution in [1.29, 1.82) is 0 Å². The van der Waals surface area contributed by atoms with E-state index >= 15 is 0 Å². The fourth-order valence-electron chi connectivity index (χ4n) is 2.75. The maximum absolute atomic E-state index is 12.4. The molecule has 26 heavy (non-hydrogen) atoms. The average Bonchev–Trinajstić information content (AvgIpc) is 2.53. The van der Waals surface area contributed by atoms with Crippen molar-refractivity contribution < 1.29 is 19.1 Å². The molecule has 1 aliphatic rings. The highest BCUT2D eigenvalue weighted by Crippen LogP contribution is 2.33. The topological polar surface area (TPSA) is 79.0 Å². The molecular weight excluding hydrogens is 334 g/mol. The van der Waals surface area contributed by atoms with Gasteiger partial charge in [0.25, 0.3) is 5.91 Å². The molecule has 1 heterocycles. The second-order valence-electron chi connectivity index (χ2n) is 7.52. The minimum absolute atomic E-state index is 0.0137. The Balaban J connectivity index is 1.96. The first-order chi connectivity index (χ1) is 12.1. The Labute approximate surface area is 154 Å². The van der Waals surface area contributed by atoms with Crippen LogP contribution in [0.5, 0.6) is 5.75 Å². The van der Waals surface area contributed by atoms with Crippen molar-refractivity contribution in [1.82, 2.24) is 10.2 Å². The highest BCUT2D eigenvalue weighted by molar-refractivity contribution is 6.00. The van der Waals surface area contributed by atoms with Crippen LogP contribution in [0, 0.1) is 0 Å². The zero-order valence-electron chi connectivity index (χ0n) is 16.0. The van der Waals surface area contributed by atoms with E-state index < -0.39 is 6.10 Å². The first-order valence-electron chi connectivity index (χ1n) is 8.70. The Morgan fingerprint density at radius 1 is 1.27 bits per heavy atom. The van der Waals surface area contributed by atoms with Crippen molar-refractivity contribution in [2.45, 2.75) is 45.8 Å². The third-order valence-corrected chi connectivity index (χ3v) is 3.94. The molecule has 1 aliphatic heterocycles. The molecule has 7 heteroatoms. The number of fused-ring (bicyclic) bond motifs is 1. The van der Waals surface area contributed by atoms with Gasteiger partial charge in [0, 0.05) is 25.6 Å². The van der Waals surface area contributed by atoms with Gasteiger partial charge in [0.1, 0.15) is 5.75 Å². The van der Waals surface area contributed by atoms with Gasteiger partial charge in [0.2, 0.25) is 11.8 Å². The molecule has 3 amide bonds. The summed E-state index contributed by atoms with van der Waals surface area (Å²) in [5.41, 5.74) is 0.317. The SMILES string of the molecule is CC1Oc2ccccc2N(CCC(=O)N(C)CC(=O)NC(C)(C)C)C1=O. The van der Waals surface area contributed by atoms with E-state index in [9.17, 15) is 14.4 Å². The van der Waals surface area contributed by atoms with Gasteiger partial charge < -0.3 is 19.9 Å². The zero-order chi connectivity index (χ0) is 19.5. The van der Waals surface area contributed by atoms with Crippen LogP contribution in [0.3, 0.4) is 0 Å². The smallest absolute Gasteiger partial charge is 0.267 e. The maximum Gasteiger partial charge on any atom is 0.267 e. The van der Waals surface area contributed by atoms with Crippen LogP contribution >= 0.6 is 0 Å². The monoisotopic (exact) mass is 361 g/mol. The lowest BCUT2D eigenvalue weighted by molar-refractivity contribution is -0.135. The summed E-state index contributed by atoms with van der Waals surface area (Å²) < 4.78 is 5.59. The van der Waals surface area contributed by atoms with Crippen LogP contribution in [0.1, 0.15) is 34.1 Å². The Bertz CT molecular complexity index is 696. The number of carbonyl (C=O) groups is 3. The quantitative estimate of drug-likeness (QED) is 0.863. The summed E-state index contributed by atoms with van der Waals surface area (Å²) in [6.07, 6.45) is -0.457. The molecular formula is C19H27N3O4. The summed E-state index contributed by atoms with van der Waals surface area (Å²) in [7, 11) is 1.59. The van der Waals surface area contributed by atoms with Gasteiger partial charge in [-0.05, 0) is 39.8 Å². The maximum atomic E-state index is 12.4. The molecule has 0 saturated carbocycles. The molecule has 1 aromatic carbocycles. The molecule has 0 radical (unpaired) electrons. The van der Waals surface area contributed by atoms with Gasteiger partial charge in [0.15, 0.2) is 6.10 Å². The summed E-state index contributed by atoms with van der Waals surface area (Å²) in [4.78, 5) is 39.7. The molecule has 0 aromatic heterocycles. The van der Waals surface area contributed by atoms with Crippen molar-refractivity contribution in [3.05, 3.63) is 24.3 Å². The predicted molar refractivity (Wildman–Crippen MR) is 99.0 cm³/mol. The van der Waals surface area contributed by atoms with Crippen molar-refractivity contribution >= 4 is 23.4 Å². The minimum Gasteiger partial charge on any atom is -0.479 e. The summed E-state index contributed by atoms with van der Waals surface area (Å²) >= 11 is 0. The van der Waals surface area contributed by atoms with E-state index in [4.69, 9.17) is 4.74 Å². The van der Waals surface area contributed by atoms with Gasteiger partial charge in [-0.15, -0.1) is 0 Å². The van der Waals surface area contributed by atoms with Crippen LogP contribution < -0.4 is 15.0 Å². The van der Waals surface area contributed by atoms with E-state index in [0.29, 0.717) is 11.4 Å². The van der Waals surface area contributed by atoms with Crippen molar-refractivity contribution in [2.24, 2.45) is 0 Å². The number of amides is 3. The summed E-state index contributed by atoms with van der Waals surface area (Å²) in [5, 5.41) is 2.82. The average molecular weight is 361 g/mol. The second-order valence-corrected chi connectivity index (χ2v) is 7.52. The van der Waals surface area contributed by atoms with Gasteiger partial charge in [0.05, 0.1) is 12.2 Å². The van der Waals surface area contributed by atoms with Gasteiger partial charge >= 0.3 is 0 Å². The fourth-order valence-corrected chi connectivity index (χ4v) is 2.75. The van der Waals surface area contributed by atoms with Crippen LogP contribution in [0.15, 0.2) is 24.3 Å². The van der Waals surface area contributed by atoms with Gasteiger partial charge in [-0.3, -0.25) is 14.4 Å². The molecule has 0 spiro atoms. The molecule has 0 aliphatic carbocycles. The van der Waals surface area contributed by atoms with Crippen molar-refractivity contribution in [3.63, 3.8) is 0 Å². The van der Waals surface area contributed by atoms with E-state index in [0.717, 1.165) is 0 Å². The van der Waals surface area contributed by atoms with Gasteiger partial charge in [-0.25, -0.2) is 0 Å². The van der Waals surface area contributed by atoms with Crippen LogP contribution in [0.25, 0.3) is 0 Å². The molecule has 1 N–H and O–H groups in total. The first kappa shape index (κ1) is 19.8. The molecule has 0 bridgehead atoms. The fraction of sp³-hybridized carbons (Fsp3) is 0.526. The van der Waals surface area contributed by atoms with Gasteiger partial charge in [-0.2, -0.15) is 0 Å². The van der Waals surface area contributed by atoms with Crippen LogP contribution in [-0.2, 0) is 14.4 Å². The van der Waals surface area contributed by atoms with E-state index in [1.165, 1.54) is 4.90 Å². The normalized spacial score (nSPS) is 16.6. The lowest BCUT2D eigenvalue weighted by atomic mass is 10.1. The molecule has 1 aromatic rings. The number of ether oxygens (including phenoxy) is 1. The number of nitrogens with zero attached hydrogens (tertiary/aromatic N) is 2. The second kappa shape index (κ2) is 7.76.